The fraction of sp³-hybridized carbons (Fsp3) is 0.167. The molecule has 0 heterocycles. The maximum Gasteiger partial charge on any atom is 0.262 e. The number of anilines is 1. The molecule has 0 spiro atoms. The summed E-state index contributed by atoms with van der Waals surface area (Å²) in [5.41, 5.74) is 0.957. The average Bonchev–Trinajstić information content (AvgIpc) is 2.57. The predicted molar refractivity (Wildman–Crippen MR) is 93.2 cm³/mol. The van der Waals surface area contributed by atoms with Crippen molar-refractivity contribution in [1.82, 2.24) is 0 Å². The van der Waals surface area contributed by atoms with Crippen molar-refractivity contribution in [3.8, 4) is 11.5 Å². The van der Waals surface area contributed by atoms with Crippen molar-refractivity contribution in [2.75, 3.05) is 19.0 Å². The van der Waals surface area contributed by atoms with E-state index in [0.717, 1.165) is 5.56 Å². The van der Waals surface area contributed by atoms with E-state index in [0.29, 0.717) is 16.5 Å². The van der Waals surface area contributed by atoms with E-state index in [1.165, 1.54) is 25.3 Å². The molecule has 2 aromatic rings. The number of rotatable bonds is 6. The van der Waals surface area contributed by atoms with Gasteiger partial charge in [-0.25, -0.2) is 4.39 Å². The van der Waals surface area contributed by atoms with Crippen LogP contribution in [0.2, 0.25) is 5.02 Å². The van der Waals surface area contributed by atoms with Crippen molar-refractivity contribution in [2.45, 2.75) is 6.92 Å². The molecule has 0 bridgehead atoms. The first-order chi connectivity index (χ1) is 11.5. The van der Waals surface area contributed by atoms with Crippen LogP contribution < -0.4 is 14.8 Å². The third kappa shape index (κ3) is 4.73. The van der Waals surface area contributed by atoms with E-state index in [4.69, 9.17) is 21.1 Å². The van der Waals surface area contributed by atoms with Crippen molar-refractivity contribution in [3.63, 3.8) is 0 Å². The topological polar surface area (TPSA) is 47.6 Å². The van der Waals surface area contributed by atoms with E-state index < -0.39 is 11.7 Å². The second-order valence-electron chi connectivity index (χ2n) is 4.87. The number of halogens is 2. The largest absolute Gasteiger partial charge is 0.493 e. The molecule has 24 heavy (non-hydrogen) atoms. The number of hydrogen-bond acceptors (Lipinski definition) is 3. The van der Waals surface area contributed by atoms with Gasteiger partial charge >= 0.3 is 0 Å². The van der Waals surface area contributed by atoms with Crippen LogP contribution in [0.1, 0.15) is 12.5 Å². The minimum atomic E-state index is -0.568. The standard InChI is InChI=1S/C18H17ClFNO3/c1-3-4-12-5-8-16(17(9-12)23-2)24-11-18(22)21-15-10-13(19)6-7-14(15)20/h3-10H,11H2,1-2H3,(H,21,22)/b4-3+. The van der Waals surface area contributed by atoms with E-state index in [9.17, 15) is 9.18 Å². The number of carbonyl (C=O) groups excluding carboxylic acids is 1. The van der Waals surface area contributed by atoms with Crippen molar-refractivity contribution < 1.29 is 18.7 Å². The molecule has 0 fully saturated rings. The zero-order valence-electron chi connectivity index (χ0n) is 13.3. The molecule has 0 unspecified atom stereocenters. The van der Waals surface area contributed by atoms with Crippen molar-refractivity contribution in [1.29, 1.82) is 0 Å². The Bertz CT molecular complexity index is 762. The van der Waals surface area contributed by atoms with Crippen LogP contribution in [-0.2, 0) is 4.79 Å². The summed E-state index contributed by atoms with van der Waals surface area (Å²) >= 11 is 5.78. The van der Waals surface area contributed by atoms with Gasteiger partial charge in [0.25, 0.3) is 5.91 Å². The average molecular weight is 350 g/mol. The molecule has 4 nitrogen and oxygen atoms in total. The van der Waals surface area contributed by atoms with E-state index >= 15 is 0 Å². The summed E-state index contributed by atoms with van der Waals surface area (Å²) in [5, 5.41) is 2.74. The van der Waals surface area contributed by atoms with Crippen LogP contribution in [0.15, 0.2) is 42.5 Å². The maximum absolute atomic E-state index is 13.6. The lowest BCUT2D eigenvalue weighted by Crippen LogP contribution is -2.21. The van der Waals surface area contributed by atoms with Crippen LogP contribution in [0, 0.1) is 5.82 Å². The van der Waals surface area contributed by atoms with Crippen LogP contribution in [0.5, 0.6) is 11.5 Å². The van der Waals surface area contributed by atoms with Crippen LogP contribution >= 0.6 is 11.6 Å². The van der Waals surface area contributed by atoms with Gasteiger partial charge in [-0.2, -0.15) is 0 Å². The molecule has 0 saturated carbocycles. The Hall–Kier alpha value is -2.53. The molecule has 2 rings (SSSR count). The lowest BCUT2D eigenvalue weighted by Gasteiger charge is -2.12. The van der Waals surface area contributed by atoms with Gasteiger partial charge in [0.05, 0.1) is 12.8 Å². The number of amides is 1. The fourth-order valence-corrected chi connectivity index (χ4v) is 2.19. The Kier molecular flexibility index (Phi) is 6.21. The van der Waals surface area contributed by atoms with Gasteiger partial charge in [0, 0.05) is 5.02 Å². The summed E-state index contributed by atoms with van der Waals surface area (Å²) in [7, 11) is 1.52. The third-order valence-electron chi connectivity index (χ3n) is 3.11. The quantitative estimate of drug-likeness (QED) is 0.833. The molecule has 0 atom stereocenters. The Labute approximate surface area is 144 Å². The summed E-state index contributed by atoms with van der Waals surface area (Å²) in [6, 6.07) is 9.26. The van der Waals surface area contributed by atoms with E-state index in [2.05, 4.69) is 5.32 Å². The van der Waals surface area contributed by atoms with Crippen molar-refractivity contribution in [3.05, 3.63) is 58.9 Å². The van der Waals surface area contributed by atoms with Gasteiger partial charge in [0.15, 0.2) is 18.1 Å². The molecule has 0 aliphatic carbocycles. The second kappa shape index (κ2) is 8.36. The lowest BCUT2D eigenvalue weighted by molar-refractivity contribution is -0.118. The SMILES string of the molecule is C/C=C/c1ccc(OCC(=O)Nc2cc(Cl)ccc2F)c(OC)c1. The van der Waals surface area contributed by atoms with E-state index in [-0.39, 0.29) is 12.3 Å². The first-order valence-corrected chi connectivity index (χ1v) is 7.59. The van der Waals surface area contributed by atoms with Crippen molar-refractivity contribution in [2.24, 2.45) is 0 Å². The summed E-state index contributed by atoms with van der Waals surface area (Å²) in [6.07, 6.45) is 3.82. The zero-order valence-corrected chi connectivity index (χ0v) is 14.1. The lowest BCUT2D eigenvalue weighted by atomic mass is 10.2. The first-order valence-electron chi connectivity index (χ1n) is 7.22. The summed E-state index contributed by atoms with van der Waals surface area (Å²) in [5.74, 6) is -0.142. The minimum Gasteiger partial charge on any atom is -0.493 e. The number of hydrogen-bond donors (Lipinski definition) is 1. The third-order valence-corrected chi connectivity index (χ3v) is 3.34. The number of ether oxygens (including phenoxy) is 2. The smallest absolute Gasteiger partial charge is 0.262 e. The first kappa shape index (κ1) is 17.8. The predicted octanol–water partition coefficient (Wildman–Crippen LogP) is 4.54. The fourth-order valence-electron chi connectivity index (χ4n) is 2.02. The van der Waals surface area contributed by atoms with Gasteiger partial charge in [-0.3, -0.25) is 4.79 Å². The molecular weight excluding hydrogens is 333 g/mol. The molecule has 0 aliphatic heterocycles. The molecule has 0 saturated heterocycles. The number of benzene rings is 2. The second-order valence-corrected chi connectivity index (χ2v) is 5.31. The zero-order chi connectivity index (χ0) is 17.5. The van der Waals surface area contributed by atoms with Crippen molar-refractivity contribution >= 4 is 29.3 Å². The number of allylic oxidation sites excluding steroid dienone is 1. The number of nitrogens with one attached hydrogen (secondary N) is 1. The highest BCUT2D eigenvalue weighted by Gasteiger charge is 2.11. The summed E-state index contributed by atoms with van der Waals surface area (Å²) in [6.45, 7) is 1.63. The van der Waals surface area contributed by atoms with Gasteiger partial charge in [-0.05, 0) is 42.8 Å². The van der Waals surface area contributed by atoms with Gasteiger partial charge in [0.1, 0.15) is 5.82 Å². The normalized spacial score (nSPS) is 10.7. The molecule has 0 radical (unpaired) electrons. The molecule has 0 aliphatic rings. The molecule has 6 heteroatoms. The van der Waals surface area contributed by atoms with E-state index in [1.54, 1.807) is 12.1 Å². The monoisotopic (exact) mass is 349 g/mol. The van der Waals surface area contributed by atoms with Crippen LogP contribution in [0.4, 0.5) is 10.1 Å². The Morgan fingerprint density at radius 1 is 1.25 bits per heavy atom. The highest BCUT2D eigenvalue weighted by molar-refractivity contribution is 6.30. The van der Waals surface area contributed by atoms with Gasteiger partial charge in [-0.15, -0.1) is 0 Å². The molecule has 1 amide bonds. The van der Waals surface area contributed by atoms with Crippen LogP contribution in [0.25, 0.3) is 6.08 Å². The van der Waals surface area contributed by atoms with E-state index in [1.807, 2.05) is 25.1 Å². The van der Waals surface area contributed by atoms with Crippen LogP contribution in [0.3, 0.4) is 0 Å². The van der Waals surface area contributed by atoms with Crippen LogP contribution in [-0.4, -0.2) is 19.6 Å². The van der Waals surface area contributed by atoms with Gasteiger partial charge in [0.2, 0.25) is 0 Å². The molecule has 2 aromatic carbocycles. The summed E-state index contributed by atoms with van der Waals surface area (Å²) < 4.78 is 24.3. The highest BCUT2D eigenvalue weighted by Crippen LogP contribution is 2.28. The number of methoxy groups -OCH3 is 1. The Morgan fingerprint density at radius 2 is 2.04 bits per heavy atom. The molecule has 0 aromatic heterocycles. The molecular formula is C18H17ClFNO3. The Balaban J connectivity index is 2.02. The van der Waals surface area contributed by atoms with Gasteiger partial charge in [-0.1, -0.05) is 29.8 Å². The highest BCUT2D eigenvalue weighted by atomic mass is 35.5. The molecule has 1 N–H and O–H groups in total. The summed E-state index contributed by atoms with van der Waals surface area (Å²) in [4.78, 5) is 11.9. The number of carbonyl (C=O) groups is 1. The Morgan fingerprint density at radius 3 is 2.75 bits per heavy atom. The molecule has 126 valence electrons. The maximum atomic E-state index is 13.6. The minimum absolute atomic E-state index is 0.00601. The van der Waals surface area contributed by atoms with Gasteiger partial charge < -0.3 is 14.8 Å².